The number of H-pyrrole nitrogens is 1. The molecule has 2 N–H and O–H groups in total. The number of thiazole rings is 1. The Bertz CT molecular complexity index is 996. The number of nitrogens with one attached hydrogen (secondary N) is 1. The number of rotatable bonds is 2. The molecule has 0 radical (unpaired) electrons. The van der Waals surface area contributed by atoms with E-state index in [1.807, 2.05) is 6.07 Å². The molecule has 0 atom stereocenters. The predicted octanol–water partition coefficient (Wildman–Crippen LogP) is -0.204. The summed E-state index contributed by atoms with van der Waals surface area (Å²) < 4.78 is 1.68. The Morgan fingerprint density at radius 3 is 3.10 bits per heavy atom. The Morgan fingerprint density at radius 2 is 2.38 bits per heavy atom. The van der Waals surface area contributed by atoms with Gasteiger partial charge in [0.2, 0.25) is 5.88 Å². The van der Waals surface area contributed by atoms with E-state index in [0.29, 0.717) is 16.6 Å². The van der Waals surface area contributed by atoms with Crippen LogP contribution in [-0.2, 0) is 0 Å². The van der Waals surface area contributed by atoms with Gasteiger partial charge in [-0.2, -0.15) is 9.61 Å². The predicted molar refractivity (Wildman–Crippen MR) is 77.0 cm³/mol. The molecule has 8 heteroatoms. The van der Waals surface area contributed by atoms with Crippen LogP contribution in [0, 0.1) is 0 Å². The summed E-state index contributed by atoms with van der Waals surface area (Å²) in [4.78, 5) is 22.6. The van der Waals surface area contributed by atoms with E-state index < -0.39 is 0 Å². The zero-order valence-electron chi connectivity index (χ0n) is 10.9. The Labute approximate surface area is 121 Å². The van der Waals surface area contributed by atoms with Gasteiger partial charge in [-0.1, -0.05) is 11.3 Å². The van der Waals surface area contributed by atoms with Crippen molar-refractivity contribution in [2.45, 2.75) is 18.9 Å². The second-order valence-corrected chi connectivity index (χ2v) is 5.89. The van der Waals surface area contributed by atoms with Gasteiger partial charge < -0.3 is 5.11 Å². The summed E-state index contributed by atoms with van der Waals surface area (Å²) in [6.07, 6.45) is 7.27. The average Bonchev–Trinajstić information content (AvgIpc) is 3.09. The molecule has 1 fully saturated rings. The molecular weight excluding hydrogens is 290 g/mol. The Morgan fingerprint density at radius 1 is 1.52 bits per heavy atom. The maximum atomic E-state index is 11.2. The van der Waals surface area contributed by atoms with E-state index in [1.54, 1.807) is 23.0 Å². The molecule has 0 spiro atoms. The van der Waals surface area contributed by atoms with Gasteiger partial charge in [0.15, 0.2) is 11.1 Å². The normalized spacial score (nSPS) is 17.0. The maximum absolute atomic E-state index is 11.2. The third-order valence-corrected chi connectivity index (χ3v) is 4.03. The van der Waals surface area contributed by atoms with E-state index in [0.717, 1.165) is 34.9 Å². The maximum Gasteiger partial charge on any atom is 0.307 e. The highest BCUT2D eigenvalue weighted by Crippen LogP contribution is 2.22. The highest BCUT2D eigenvalue weighted by Gasteiger charge is 2.19. The second kappa shape index (κ2) is 4.52. The van der Waals surface area contributed by atoms with Crippen LogP contribution in [-0.4, -0.2) is 30.7 Å². The number of hydrogen-bond donors (Lipinski definition) is 2. The van der Waals surface area contributed by atoms with Crippen molar-refractivity contribution in [2.75, 3.05) is 0 Å². The van der Waals surface area contributed by atoms with Crippen LogP contribution >= 0.6 is 11.3 Å². The molecule has 3 aromatic heterocycles. The van der Waals surface area contributed by atoms with E-state index in [2.05, 4.69) is 20.1 Å². The molecule has 0 saturated heterocycles. The lowest BCUT2D eigenvalue weighted by Crippen LogP contribution is -2.17. The van der Waals surface area contributed by atoms with Crippen molar-refractivity contribution in [3.05, 3.63) is 43.7 Å². The van der Waals surface area contributed by atoms with Crippen LogP contribution in [0.2, 0.25) is 0 Å². The summed E-state index contributed by atoms with van der Waals surface area (Å²) in [7, 11) is 0. The van der Waals surface area contributed by atoms with Crippen LogP contribution in [0.4, 0.5) is 0 Å². The minimum Gasteiger partial charge on any atom is -0.493 e. The van der Waals surface area contributed by atoms with Crippen LogP contribution in [0.1, 0.15) is 17.7 Å². The Kier molecular flexibility index (Phi) is 2.64. The SMILES string of the molecule is O=c1[nH]c(O)c(/C=c2/cnn3c(=NC4CC4)ccnc23)s1. The molecule has 3 aromatic rings. The number of aromatic nitrogens is 4. The van der Waals surface area contributed by atoms with E-state index >= 15 is 0 Å². The standard InChI is InChI=1S/C13H11N5O2S/c19-12-9(21-13(20)17-12)5-7-6-15-18-10(16-8-1-2-8)3-4-14-11(7)18/h3-6,8,19H,1-2H2,(H,17,20)/b7-5-,16-10?. The van der Waals surface area contributed by atoms with Crippen molar-refractivity contribution in [2.24, 2.45) is 4.99 Å². The molecule has 3 heterocycles. The summed E-state index contributed by atoms with van der Waals surface area (Å²) >= 11 is 0.941. The molecule has 0 aliphatic heterocycles. The van der Waals surface area contributed by atoms with Gasteiger partial charge in [0.05, 0.1) is 17.1 Å². The van der Waals surface area contributed by atoms with Crippen molar-refractivity contribution < 1.29 is 5.11 Å². The molecule has 1 saturated carbocycles. The molecule has 21 heavy (non-hydrogen) atoms. The van der Waals surface area contributed by atoms with Gasteiger partial charge in [0.25, 0.3) is 0 Å². The van der Waals surface area contributed by atoms with Crippen molar-refractivity contribution in [3.8, 4) is 5.88 Å². The van der Waals surface area contributed by atoms with Crippen LogP contribution in [0.5, 0.6) is 5.88 Å². The van der Waals surface area contributed by atoms with Gasteiger partial charge in [-0.3, -0.25) is 14.8 Å². The van der Waals surface area contributed by atoms with Gasteiger partial charge in [0.1, 0.15) is 0 Å². The van der Waals surface area contributed by atoms with Gasteiger partial charge in [-0.25, -0.2) is 4.98 Å². The molecule has 0 amide bonds. The van der Waals surface area contributed by atoms with Crippen LogP contribution < -0.4 is 15.6 Å². The van der Waals surface area contributed by atoms with Crippen molar-refractivity contribution in [1.82, 2.24) is 19.6 Å². The lowest BCUT2D eigenvalue weighted by atomic mass is 10.4. The molecule has 1 aliphatic carbocycles. The smallest absolute Gasteiger partial charge is 0.307 e. The first-order valence-corrected chi connectivity index (χ1v) is 7.33. The van der Waals surface area contributed by atoms with E-state index in [4.69, 9.17) is 0 Å². The molecule has 7 nitrogen and oxygen atoms in total. The van der Waals surface area contributed by atoms with E-state index in [9.17, 15) is 9.90 Å². The monoisotopic (exact) mass is 301 g/mol. The first-order valence-electron chi connectivity index (χ1n) is 6.51. The zero-order valence-corrected chi connectivity index (χ0v) is 11.7. The summed E-state index contributed by atoms with van der Waals surface area (Å²) in [5.74, 6) is -0.136. The first kappa shape index (κ1) is 12.3. The minimum absolute atomic E-state index is 0.136. The van der Waals surface area contributed by atoms with Gasteiger partial charge in [0, 0.05) is 17.5 Å². The van der Waals surface area contributed by atoms with Crippen LogP contribution in [0.25, 0.3) is 11.7 Å². The van der Waals surface area contributed by atoms with Crippen LogP contribution in [0.15, 0.2) is 28.2 Å². The third kappa shape index (κ3) is 2.23. The zero-order chi connectivity index (χ0) is 14.4. The summed E-state index contributed by atoms with van der Waals surface area (Å²) in [6.45, 7) is 0. The van der Waals surface area contributed by atoms with Gasteiger partial charge in [-0.15, -0.1) is 0 Å². The van der Waals surface area contributed by atoms with Crippen LogP contribution in [0.3, 0.4) is 0 Å². The van der Waals surface area contributed by atoms with Gasteiger partial charge in [-0.05, 0) is 18.9 Å². The Balaban J connectivity index is 1.95. The molecule has 0 aromatic carbocycles. The number of hydrogen-bond acceptors (Lipinski definition) is 6. The highest BCUT2D eigenvalue weighted by molar-refractivity contribution is 7.10. The number of nitrogens with zero attached hydrogens (tertiary/aromatic N) is 4. The number of aromatic amines is 1. The minimum atomic E-state index is -0.299. The quantitative estimate of drug-likeness (QED) is 0.685. The molecule has 106 valence electrons. The van der Waals surface area contributed by atoms with Crippen molar-refractivity contribution in [1.29, 1.82) is 0 Å². The lowest BCUT2D eigenvalue weighted by Gasteiger charge is -1.93. The van der Waals surface area contributed by atoms with E-state index in [-0.39, 0.29) is 10.8 Å². The highest BCUT2D eigenvalue weighted by atomic mass is 32.1. The fourth-order valence-electron chi connectivity index (χ4n) is 2.06. The van der Waals surface area contributed by atoms with Gasteiger partial charge >= 0.3 is 4.87 Å². The van der Waals surface area contributed by atoms with Crippen molar-refractivity contribution in [3.63, 3.8) is 0 Å². The molecular formula is C13H11N5O2S. The first-order chi connectivity index (χ1) is 10.2. The average molecular weight is 301 g/mol. The Hall–Kier alpha value is -2.48. The molecule has 0 unspecified atom stereocenters. The molecule has 0 bridgehead atoms. The second-order valence-electron chi connectivity index (χ2n) is 4.87. The summed E-state index contributed by atoms with van der Waals surface area (Å²) in [5, 5.41) is 14.7. The molecule has 1 aliphatic rings. The fourth-order valence-corrected chi connectivity index (χ4v) is 2.74. The number of fused-ring (bicyclic) bond motifs is 1. The van der Waals surface area contributed by atoms with E-state index in [1.165, 1.54) is 0 Å². The fraction of sp³-hybridized carbons (Fsp3) is 0.231. The molecule has 4 rings (SSSR count). The van der Waals surface area contributed by atoms with Crippen molar-refractivity contribution >= 4 is 23.1 Å². The summed E-state index contributed by atoms with van der Waals surface area (Å²) in [5.41, 5.74) is 1.42. The third-order valence-electron chi connectivity index (χ3n) is 3.21. The summed E-state index contributed by atoms with van der Waals surface area (Å²) in [6, 6.07) is 2.22. The number of aromatic hydroxyl groups is 1. The largest absolute Gasteiger partial charge is 0.493 e. The topological polar surface area (TPSA) is 95.6 Å². The lowest BCUT2D eigenvalue weighted by molar-refractivity contribution is 0.455.